The van der Waals surface area contributed by atoms with Crippen molar-refractivity contribution < 1.29 is 4.74 Å². The third-order valence-corrected chi connectivity index (χ3v) is 2.46. The molecule has 0 aromatic heterocycles. The molecular weight excluding hydrogens is 198 g/mol. The van der Waals surface area contributed by atoms with Gasteiger partial charge in [0, 0.05) is 11.4 Å². The molecule has 2 aromatic rings. The number of benzene rings is 2. The van der Waals surface area contributed by atoms with Gasteiger partial charge in [0.05, 0.1) is 7.11 Å². The fraction of sp³-hybridized carbons (Fsp3) is 0.143. The first-order chi connectivity index (χ1) is 7.79. The van der Waals surface area contributed by atoms with Gasteiger partial charge in [0.2, 0.25) is 0 Å². The second-order valence-corrected chi connectivity index (χ2v) is 3.68. The number of anilines is 2. The van der Waals surface area contributed by atoms with Gasteiger partial charge in [-0.2, -0.15) is 0 Å². The average Bonchev–Trinajstić information content (AvgIpc) is 2.31. The van der Waals surface area contributed by atoms with Crippen molar-refractivity contribution in [1.29, 1.82) is 0 Å². The van der Waals surface area contributed by atoms with Crippen molar-refractivity contribution >= 4 is 11.4 Å². The highest BCUT2D eigenvalue weighted by Crippen LogP contribution is 2.23. The van der Waals surface area contributed by atoms with Crippen molar-refractivity contribution in [2.24, 2.45) is 0 Å². The Balaban J connectivity index is 2.20. The molecule has 0 amide bonds. The van der Waals surface area contributed by atoms with E-state index in [1.165, 1.54) is 0 Å². The number of methoxy groups -OCH3 is 1. The zero-order chi connectivity index (χ0) is 11.4. The minimum atomic E-state index is 0.915. The highest BCUT2D eigenvalue weighted by Gasteiger charge is 1.99. The lowest BCUT2D eigenvalue weighted by molar-refractivity contribution is 0.412. The average molecular weight is 213 g/mol. The summed E-state index contributed by atoms with van der Waals surface area (Å²) in [4.78, 5) is 0. The predicted octanol–water partition coefficient (Wildman–Crippen LogP) is 3.75. The van der Waals surface area contributed by atoms with Gasteiger partial charge in [-0.3, -0.25) is 0 Å². The van der Waals surface area contributed by atoms with Crippen LogP contribution in [0.2, 0.25) is 0 Å². The van der Waals surface area contributed by atoms with Gasteiger partial charge in [-0.25, -0.2) is 0 Å². The van der Waals surface area contributed by atoms with Crippen LogP contribution in [0, 0.1) is 6.92 Å². The number of para-hydroxylation sites is 1. The molecule has 0 saturated carbocycles. The summed E-state index contributed by atoms with van der Waals surface area (Å²) in [7, 11) is 1.69. The monoisotopic (exact) mass is 213 g/mol. The molecule has 0 saturated heterocycles. The topological polar surface area (TPSA) is 21.3 Å². The Bertz CT molecular complexity index is 465. The maximum atomic E-state index is 5.22. The van der Waals surface area contributed by atoms with Crippen LogP contribution in [0.3, 0.4) is 0 Å². The predicted molar refractivity (Wildman–Crippen MR) is 67.5 cm³/mol. The van der Waals surface area contributed by atoms with Gasteiger partial charge < -0.3 is 10.1 Å². The van der Waals surface area contributed by atoms with E-state index in [4.69, 9.17) is 4.74 Å². The highest BCUT2D eigenvalue weighted by molar-refractivity contribution is 5.61. The van der Waals surface area contributed by atoms with Gasteiger partial charge in [0.1, 0.15) is 5.75 Å². The van der Waals surface area contributed by atoms with E-state index in [2.05, 4.69) is 11.4 Å². The summed E-state index contributed by atoms with van der Waals surface area (Å²) in [5.41, 5.74) is 3.29. The summed E-state index contributed by atoms with van der Waals surface area (Å²) in [5.74, 6) is 0.915. The molecule has 0 heterocycles. The van der Waals surface area contributed by atoms with Crippen molar-refractivity contribution in [2.75, 3.05) is 12.4 Å². The zero-order valence-corrected chi connectivity index (χ0v) is 9.53. The molecule has 1 N–H and O–H groups in total. The van der Waals surface area contributed by atoms with Gasteiger partial charge in [0.25, 0.3) is 0 Å². The zero-order valence-electron chi connectivity index (χ0n) is 9.53. The van der Waals surface area contributed by atoms with Gasteiger partial charge in [-0.15, -0.1) is 0 Å². The summed E-state index contributed by atoms with van der Waals surface area (Å²) in [6.45, 7) is 2.04. The van der Waals surface area contributed by atoms with Crippen LogP contribution in [-0.4, -0.2) is 7.11 Å². The number of hydrogen-bond donors (Lipinski definition) is 1. The molecular formula is C14H15NO. The van der Waals surface area contributed by atoms with Crippen LogP contribution in [0.25, 0.3) is 0 Å². The molecule has 0 atom stereocenters. The maximum Gasteiger partial charge on any atom is 0.121 e. The lowest BCUT2D eigenvalue weighted by Crippen LogP contribution is -1.92. The molecule has 0 unspecified atom stereocenters. The molecule has 2 heteroatoms. The number of aryl methyl sites for hydroxylation is 1. The number of hydrogen-bond acceptors (Lipinski definition) is 2. The fourth-order valence-electron chi connectivity index (χ4n) is 1.64. The second kappa shape index (κ2) is 4.71. The van der Waals surface area contributed by atoms with Gasteiger partial charge in [0.15, 0.2) is 0 Å². The van der Waals surface area contributed by atoms with Gasteiger partial charge in [-0.05, 0) is 42.8 Å². The molecule has 0 radical (unpaired) electrons. The Labute approximate surface area is 95.9 Å². The summed E-state index contributed by atoms with van der Waals surface area (Å²) in [6, 6.07) is 16.2. The first-order valence-corrected chi connectivity index (χ1v) is 5.26. The number of rotatable bonds is 3. The Morgan fingerprint density at radius 2 is 1.69 bits per heavy atom. The molecule has 0 fully saturated rings. The van der Waals surface area contributed by atoms with Crippen LogP contribution in [-0.2, 0) is 0 Å². The van der Waals surface area contributed by atoms with Crippen LogP contribution >= 0.6 is 0 Å². The van der Waals surface area contributed by atoms with Crippen molar-refractivity contribution in [3.63, 3.8) is 0 Å². The van der Waals surface area contributed by atoms with Crippen LogP contribution in [0.4, 0.5) is 11.4 Å². The fourth-order valence-corrected chi connectivity index (χ4v) is 1.64. The van der Waals surface area contributed by atoms with Crippen LogP contribution in [0.15, 0.2) is 48.5 Å². The molecule has 2 aromatic carbocycles. The van der Waals surface area contributed by atoms with E-state index < -0.39 is 0 Å². The maximum absolute atomic E-state index is 5.22. The molecule has 0 aliphatic rings. The van der Waals surface area contributed by atoms with E-state index in [-0.39, 0.29) is 0 Å². The van der Waals surface area contributed by atoms with Crippen molar-refractivity contribution in [3.8, 4) is 5.75 Å². The molecule has 2 rings (SSSR count). The largest absolute Gasteiger partial charge is 0.496 e. The number of nitrogens with one attached hydrogen (secondary N) is 1. The molecule has 0 aliphatic heterocycles. The molecule has 2 nitrogen and oxygen atoms in total. The summed E-state index contributed by atoms with van der Waals surface area (Å²) in [5, 5.41) is 3.34. The standard InChI is InChI=1S/C14H15NO/c1-11-10-13(8-9-14(11)16-2)15-12-6-4-3-5-7-12/h3-10,15H,1-2H3. The molecule has 82 valence electrons. The van der Waals surface area contributed by atoms with E-state index in [9.17, 15) is 0 Å². The second-order valence-electron chi connectivity index (χ2n) is 3.68. The Morgan fingerprint density at radius 1 is 0.938 bits per heavy atom. The van der Waals surface area contributed by atoms with Crippen molar-refractivity contribution in [1.82, 2.24) is 0 Å². The molecule has 0 bridgehead atoms. The van der Waals surface area contributed by atoms with E-state index in [1.807, 2.05) is 49.4 Å². The summed E-state index contributed by atoms with van der Waals surface area (Å²) in [6.07, 6.45) is 0. The third kappa shape index (κ3) is 2.34. The minimum absolute atomic E-state index is 0.915. The molecule has 16 heavy (non-hydrogen) atoms. The first kappa shape index (κ1) is 10.6. The SMILES string of the molecule is COc1ccc(Nc2ccccc2)cc1C. The van der Waals surface area contributed by atoms with E-state index in [0.717, 1.165) is 22.7 Å². The third-order valence-electron chi connectivity index (χ3n) is 2.46. The Kier molecular flexibility index (Phi) is 3.10. The van der Waals surface area contributed by atoms with Crippen LogP contribution in [0.5, 0.6) is 5.75 Å². The quantitative estimate of drug-likeness (QED) is 0.838. The lowest BCUT2D eigenvalue weighted by atomic mass is 10.2. The lowest BCUT2D eigenvalue weighted by Gasteiger charge is -2.09. The van der Waals surface area contributed by atoms with E-state index in [1.54, 1.807) is 7.11 Å². The van der Waals surface area contributed by atoms with E-state index >= 15 is 0 Å². The van der Waals surface area contributed by atoms with Crippen molar-refractivity contribution in [2.45, 2.75) is 6.92 Å². The Hall–Kier alpha value is -1.96. The molecule has 0 aliphatic carbocycles. The van der Waals surface area contributed by atoms with Crippen LogP contribution < -0.4 is 10.1 Å². The summed E-state index contributed by atoms with van der Waals surface area (Å²) >= 11 is 0. The normalized spacial score (nSPS) is 9.88. The van der Waals surface area contributed by atoms with Crippen molar-refractivity contribution in [3.05, 3.63) is 54.1 Å². The highest BCUT2D eigenvalue weighted by atomic mass is 16.5. The van der Waals surface area contributed by atoms with Gasteiger partial charge in [-0.1, -0.05) is 18.2 Å². The molecule has 0 spiro atoms. The van der Waals surface area contributed by atoms with Crippen LogP contribution in [0.1, 0.15) is 5.56 Å². The first-order valence-electron chi connectivity index (χ1n) is 5.26. The minimum Gasteiger partial charge on any atom is -0.496 e. The smallest absolute Gasteiger partial charge is 0.121 e. The van der Waals surface area contributed by atoms with E-state index in [0.29, 0.717) is 0 Å². The number of ether oxygens (including phenoxy) is 1. The Morgan fingerprint density at radius 3 is 2.31 bits per heavy atom. The van der Waals surface area contributed by atoms with Gasteiger partial charge >= 0.3 is 0 Å². The summed E-state index contributed by atoms with van der Waals surface area (Å²) < 4.78 is 5.22.